The predicted molar refractivity (Wildman–Crippen MR) is 79.7 cm³/mol. The lowest BCUT2D eigenvalue weighted by Crippen LogP contribution is -2.49. The first kappa shape index (κ1) is 13.6. The summed E-state index contributed by atoms with van der Waals surface area (Å²) in [6.07, 6.45) is 3.56. The first-order chi connectivity index (χ1) is 9.78. The van der Waals surface area contributed by atoms with Crippen LogP contribution in [0, 0.1) is 0 Å². The van der Waals surface area contributed by atoms with Crippen LogP contribution in [-0.2, 0) is 6.42 Å². The van der Waals surface area contributed by atoms with E-state index >= 15 is 0 Å². The van der Waals surface area contributed by atoms with Crippen LogP contribution in [-0.4, -0.2) is 54.5 Å². The van der Waals surface area contributed by atoms with Crippen LogP contribution in [0.15, 0.2) is 24.3 Å². The number of amides is 1. The van der Waals surface area contributed by atoms with E-state index in [0.717, 1.165) is 44.2 Å². The van der Waals surface area contributed by atoms with E-state index in [1.54, 1.807) is 0 Å². The lowest BCUT2D eigenvalue weighted by molar-refractivity contribution is 0.0627. The molecule has 0 bridgehead atoms. The van der Waals surface area contributed by atoms with Crippen molar-refractivity contribution >= 4 is 5.91 Å². The maximum atomic E-state index is 12.4. The highest BCUT2D eigenvalue weighted by Crippen LogP contribution is 2.27. The molecule has 1 aromatic rings. The van der Waals surface area contributed by atoms with Crippen molar-refractivity contribution in [3.05, 3.63) is 35.4 Å². The van der Waals surface area contributed by atoms with Crippen LogP contribution in [0.25, 0.3) is 0 Å². The van der Waals surface area contributed by atoms with Crippen LogP contribution >= 0.6 is 0 Å². The highest BCUT2D eigenvalue weighted by molar-refractivity contribution is 5.94. The summed E-state index contributed by atoms with van der Waals surface area (Å²) in [5.74, 6) is 0.166. The van der Waals surface area contributed by atoms with Gasteiger partial charge in [-0.05, 0) is 43.5 Å². The third-order valence-electron chi connectivity index (χ3n) is 4.30. The Bertz CT molecular complexity index is 459. The van der Waals surface area contributed by atoms with Gasteiger partial charge in [0.2, 0.25) is 0 Å². The fourth-order valence-corrected chi connectivity index (χ4v) is 2.89. The maximum absolute atomic E-state index is 12.4. The molecule has 108 valence electrons. The number of nitrogens with zero attached hydrogens (tertiary/aromatic N) is 2. The zero-order valence-electron chi connectivity index (χ0n) is 11.9. The Morgan fingerprint density at radius 2 is 1.75 bits per heavy atom. The minimum absolute atomic E-state index is 0.166. The minimum Gasteiger partial charge on any atom is -0.336 e. The van der Waals surface area contributed by atoms with Crippen LogP contribution in [0.2, 0.25) is 0 Å². The average Bonchev–Trinajstić information content (AvgIpc) is 3.33. The summed E-state index contributed by atoms with van der Waals surface area (Å²) in [7, 11) is 0. The maximum Gasteiger partial charge on any atom is 0.253 e. The summed E-state index contributed by atoms with van der Waals surface area (Å²) in [5, 5.41) is 0. The highest BCUT2D eigenvalue weighted by Gasteiger charge is 2.32. The molecule has 4 heteroatoms. The minimum atomic E-state index is 0.166. The van der Waals surface area contributed by atoms with Gasteiger partial charge in [0, 0.05) is 37.8 Å². The van der Waals surface area contributed by atoms with E-state index in [4.69, 9.17) is 5.73 Å². The Morgan fingerprint density at radius 3 is 2.30 bits per heavy atom. The summed E-state index contributed by atoms with van der Waals surface area (Å²) in [5.41, 5.74) is 7.53. The van der Waals surface area contributed by atoms with Crippen LogP contribution in [0.4, 0.5) is 0 Å². The third-order valence-corrected chi connectivity index (χ3v) is 4.30. The molecule has 2 fully saturated rings. The molecule has 1 saturated heterocycles. The van der Waals surface area contributed by atoms with E-state index in [0.29, 0.717) is 6.54 Å². The van der Waals surface area contributed by atoms with E-state index in [1.807, 2.05) is 29.2 Å². The van der Waals surface area contributed by atoms with Gasteiger partial charge in [-0.15, -0.1) is 0 Å². The first-order valence-electron chi connectivity index (χ1n) is 7.60. The van der Waals surface area contributed by atoms with Gasteiger partial charge in [0.25, 0.3) is 5.91 Å². The summed E-state index contributed by atoms with van der Waals surface area (Å²) in [6.45, 7) is 4.43. The zero-order chi connectivity index (χ0) is 13.9. The van der Waals surface area contributed by atoms with Crippen LogP contribution < -0.4 is 5.73 Å². The number of nitrogens with two attached hydrogens (primary N) is 1. The normalized spacial score (nSPS) is 20.1. The van der Waals surface area contributed by atoms with Crippen LogP contribution in [0.1, 0.15) is 28.8 Å². The number of carbonyl (C=O) groups excluding carboxylic acids is 1. The molecule has 2 N–H and O–H groups in total. The molecular formula is C16H23N3O. The van der Waals surface area contributed by atoms with Crippen molar-refractivity contribution in [1.29, 1.82) is 0 Å². The van der Waals surface area contributed by atoms with Crippen molar-refractivity contribution in [3.63, 3.8) is 0 Å². The summed E-state index contributed by atoms with van der Waals surface area (Å²) in [4.78, 5) is 16.9. The Labute approximate surface area is 120 Å². The van der Waals surface area contributed by atoms with Gasteiger partial charge >= 0.3 is 0 Å². The van der Waals surface area contributed by atoms with E-state index in [2.05, 4.69) is 4.90 Å². The van der Waals surface area contributed by atoms with E-state index < -0.39 is 0 Å². The Morgan fingerprint density at radius 1 is 1.10 bits per heavy atom. The molecule has 0 aromatic heterocycles. The monoisotopic (exact) mass is 273 g/mol. The number of hydrogen-bond acceptors (Lipinski definition) is 3. The van der Waals surface area contributed by atoms with Crippen molar-refractivity contribution < 1.29 is 4.79 Å². The molecule has 2 aliphatic rings. The molecule has 1 amide bonds. The van der Waals surface area contributed by atoms with Gasteiger partial charge in [-0.3, -0.25) is 9.69 Å². The second-order valence-electron chi connectivity index (χ2n) is 5.79. The molecule has 3 rings (SSSR count). The Balaban J connectivity index is 1.58. The van der Waals surface area contributed by atoms with Gasteiger partial charge in [-0.25, -0.2) is 0 Å². The molecule has 0 radical (unpaired) electrons. The summed E-state index contributed by atoms with van der Waals surface area (Å²) in [6, 6.07) is 8.70. The molecule has 4 nitrogen and oxygen atoms in total. The first-order valence-corrected chi connectivity index (χ1v) is 7.60. The molecule has 1 saturated carbocycles. The predicted octanol–water partition coefficient (Wildman–Crippen LogP) is 1.11. The molecule has 0 spiro atoms. The topological polar surface area (TPSA) is 49.6 Å². The quantitative estimate of drug-likeness (QED) is 0.894. The molecule has 0 atom stereocenters. The number of benzene rings is 1. The molecule has 1 aliphatic heterocycles. The largest absolute Gasteiger partial charge is 0.336 e. The molecule has 1 heterocycles. The van der Waals surface area contributed by atoms with E-state index in [9.17, 15) is 4.79 Å². The van der Waals surface area contributed by atoms with Crippen molar-refractivity contribution in [3.8, 4) is 0 Å². The molecule has 1 aliphatic carbocycles. The number of carbonyl (C=O) groups is 1. The lowest BCUT2D eigenvalue weighted by Gasteiger charge is -2.34. The van der Waals surface area contributed by atoms with Gasteiger partial charge in [0.15, 0.2) is 0 Å². The van der Waals surface area contributed by atoms with Crippen molar-refractivity contribution in [2.75, 3.05) is 32.7 Å². The summed E-state index contributed by atoms with van der Waals surface area (Å²) < 4.78 is 0. The van der Waals surface area contributed by atoms with Crippen molar-refractivity contribution in [2.24, 2.45) is 5.73 Å². The second-order valence-corrected chi connectivity index (χ2v) is 5.79. The number of piperazine rings is 1. The van der Waals surface area contributed by atoms with Gasteiger partial charge in [0.1, 0.15) is 0 Å². The Kier molecular flexibility index (Phi) is 4.03. The molecule has 1 aromatic carbocycles. The number of hydrogen-bond donors (Lipinski definition) is 1. The van der Waals surface area contributed by atoms with Gasteiger partial charge < -0.3 is 10.6 Å². The van der Waals surface area contributed by atoms with Gasteiger partial charge in [-0.1, -0.05) is 12.1 Å². The van der Waals surface area contributed by atoms with Gasteiger partial charge in [-0.2, -0.15) is 0 Å². The fraction of sp³-hybridized carbons (Fsp3) is 0.562. The molecule has 0 unspecified atom stereocenters. The van der Waals surface area contributed by atoms with Gasteiger partial charge in [0.05, 0.1) is 0 Å². The number of rotatable bonds is 4. The standard InChI is InChI=1S/C16H23N3O/c17-8-7-13-1-3-14(4-2-13)16(20)19-11-9-18(10-12-19)15-5-6-15/h1-4,15H,5-12,17H2. The second kappa shape index (κ2) is 5.94. The lowest BCUT2D eigenvalue weighted by atomic mass is 10.1. The SMILES string of the molecule is NCCc1ccc(C(=O)N2CCN(C3CC3)CC2)cc1. The van der Waals surface area contributed by atoms with E-state index in [-0.39, 0.29) is 5.91 Å². The zero-order valence-corrected chi connectivity index (χ0v) is 11.9. The highest BCUT2D eigenvalue weighted by atomic mass is 16.2. The van der Waals surface area contributed by atoms with Crippen molar-refractivity contribution in [2.45, 2.75) is 25.3 Å². The van der Waals surface area contributed by atoms with Crippen LogP contribution in [0.5, 0.6) is 0 Å². The summed E-state index contributed by atoms with van der Waals surface area (Å²) >= 11 is 0. The average molecular weight is 273 g/mol. The van der Waals surface area contributed by atoms with Crippen molar-refractivity contribution in [1.82, 2.24) is 9.80 Å². The third kappa shape index (κ3) is 3.02. The fourth-order valence-electron chi connectivity index (χ4n) is 2.89. The molecule has 20 heavy (non-hydrogen) atoms. The van der Waals surface area contributed by atoms with Crippen LogP contribution in [0.3, 0.4) is 0 Å². The Hall–Kier alpha value is -1.39. The smallest absolute Gasteiger partial charge is 0.253 e. The molecular weight excluding hydrogens is 250 g/mol. The van der Waals surface area contributed by atoms with E-state index in [1.165, 1.54) is 18.4 Å².